The lowest BCUT2D eigenvalue weighted by molar-refractivity contribution is 0.674. The molecule has 11 rings (SSSR count). The molecule has 244 valence electrons. The van der Waals surface area contributed by atoms with Gasteiger partial charge in [-0.15, -0.1) is 22.7 Å². The highest BCUT2D eigenvalue weighted by molar-refractivity contribution is 7.26. The number of para-hydroxylation sites is 1. The van der Waals surface area contributed by atoms with Gasteiger partial charge >= 0.3 is 0 Å². The van der Waals surface area contributed by atoms with E-state index in [4.69, 9.17) is 4.42 Å². The van der Waals surface area contributed by atoms with Crippen molar-refractivity contribution in [3.63, 3.8) is 0 Å². The van der Waals surface area contributed by atoms with Gasteiger partial charge in [-0.1, -0.05) is 115 Å². The molecule has 8 aromatic carbocycles. The second-order valence-electron chi connectivity index (χ2n) is 13.3. The topological polar surface area (TPSA) is 16.4 Å². The zero-order valence-corrected chi connectivity index (χ0v) is 29.5. The Labute approximate surface area is 308 Å². The quantitative estimate of drug-likeness (QED) is 0.178. The van der Waals surface area contributed by atoms with Gasteiger partial charge in [-0.3, -0.25) is 0 Å². The zero-order valence-electron chi connectivity index (χ0n) is 27.9. The molecule has 0 aliphatic rings. The van der Waals surface area contributed by atoms with Crippen LogP contribution in [0, 0.1) is 0 Å². The first kappa shape index (κ1) is 29.5. The van der Waals surface area contributed by atoms with Gasteiger partial charge in [-0.2, -0.15) is 0 Å². The summed E-state index contributed by atoms with van der Waals surface area (Å²) < 4.78 is 12.0. The molecule has 0 atom stereocenters. The molecular weight excluding hydrogens is 671 g/mol. The molecule has 4 heteroatoms. The van der Waals surface area contributed by atoms with Gasteiger partial charge in [0.2, 0.25) is 0 Å². The van der Waals surface area contributed by atoms with Gasteiger partial charge in [-0.25, -0.2) is 0 Å². The average Bonchev–Trinajstić information content (AvgIpc) is 3.89. The van der Waals surface area contributed by atoms with Crippen LogP contribution in [0.3, 0.4) is 0 Å². The summed E-state index contributed by atoms with van der Waals surface area (Å²) in [6.45, 7) is 0. The van der Waals surface area contributed by atoms with E-state index in [1.807, 2.05) is 22.7 Å². The van der Waals surface area contributed by atoms with Gasteiger partial charge in [0, 0.05) is 73.7 Å². The molecule has 2 nitrogen and oxygen atoms in total. The van der Waals surface area contributed by atoms with Crippen LogP contribution in [0.4, 0.5) is 17.1 Å². The summed E-state index contributed by atoms with van der Waals surface area (Å²) in [5, 5.41) is 7.35. The largest absolute Gasteiger partial charge is 0.455 e. The number of rotatable bonds is 5. The Bertz CT molecular complexity index is 3130. The minimum Gasteiger partial charge on any atom is -0.455 e. The predicted octanol–water partition coefficient (Wildman–Crippen LogP) is 15.1. The summed E-state index contributed by atoms with van der Waals surface area (Å²) in [4.78, 5) is 2.38. The van der Waals surface area contributed by atoms with Crippen molar-refractivity contribution in [2.24, 2.45) is 0 Å². The van der Waals surface area contributed by atoms with Crippen molar-refractivity contribution in [3.05, 3.63) is 176 Å². The summed E-state index contributed by atoms with van der Waals surface area (Å²) >= 11 is 3.67. The summed E-state index contributed by atoms with van der Waals surface area (Å²) in [5.41, 5.74) is 9.80. The van der Waals surface area contributed by atoms with Crippen LogP contribution in [0.2, 0.25) is 0 Å². The summed E-state index contributed by atoms with van der Waals surface area (Å²) in [7, 11) is 0. The molecule has 0 spiro atoms. The molecule has 0 fully saturated rings. The Kier molecular flexibility index (Phi) is 6.63. The Morgan fingerprint density at radius 1 is 0.346 bits per heavy atom. The summed E-state index contributed by atoms with van der Waals surface area (Å²) in [6.07, 6.45) is 0. The SMILES string of the molecule is c1ccc(-c2ccc(N(c3cccc(-c4cccc5c4oc4c5ccc5sc6ccccc6c54)c3)c3ccc4c(c3)sc3ccccc34)cc2)cc1. The lowest BCUT2D eigenvalue weighted by Gasteiger charge is -2.26. The van der Waals surface area contributed by atoms with Crippen LogP contribution < -0.4 is 4.90 Å². The number of nitrogens with zero attached hydrogens (tertiary/aromatic N) is 1. The number of thiophene rings is 2. The van der Waals surface area contributed by atoms with Crippen LogP contribution in [0.5, 0.6) is 0 Å². The number of anilines is 3. The normalized spacial score (nSPS) is 11.8. The number of furan rings is 1. The number of fused-ring (bicyclic) bond motifs is 10. The molecular formula is C48H29NOS2. The van der Waals surface area contributed by atoms with Gasteiger partial charge in [-0.05, 0) is 77.4 Å². The van der Waals surface area contributed by atoms with Gasteiger partial charge in [0.25, 0.3) is 0 Å². The lowest BCUT2D eigenvalue weighted by Crippen LogP contribution is -2.09. The first-order valence-corrected chi connectivity index (χ1v) is 19.1. The van der Waals surface area contributed by atoms with Crippen molar-refractivity contribution < 1.29 is 4.42 Å². The van der Waals surface area contributed by atoms with E-state index in [9.17, 15) is 0 Å². The Hall–Kier alpha value is -6.20. The molecule has 0 N–H and O–H groups in total. The third kappa shape index (κ3) is 4.62. The monoisotopic (exact) mass is 699 g/mol. The smallest absolute Gasteiger partial charge is 0.144 e. The highest BCUT2D eigenvalue weighted by atomic mass is 32.1. The van der Waals surface area contributed by atoms with Crippen LogP contribution in [-0.4, -0.2) is 0 Å². The van der Waals surface area contributed by atoms with Gasteiger partial charge in [0.05, 0.1) is 0 Å². The first-order valence-electron chi connectivity index (χ1n) is 17.5. The molecule has 0 radical (unpaired) electrons. The van der Waals surface area contributed by atoms with Crippen LogP contribution in [0.15, 0.2) is 180 Å². The van der Waals surface area contributed by atoms with Gasteiger partial charge in [0.1, 0.15) is 11.2 Å². The Balaban J connectivity index is 1.09. The molecule has 3 aromatic heterocycles. The molecule has 52 heavy (non-hydrogen) atoms. The maximum Gasteiger partial charge on any atom is 0.144 e. The number of hydrogen-bond acceptors (Lipinski definition) is 4. The maximum absolute atomic E-state index is 6.91. The highest BCUT2D eigenvalue weighted by Gasteiger charge is 2.19. The second kappa shape index (κ2) is 11.7. The Morgan fingerprint density at radius 2 is 0.942 bits per heavy atom. The molecule has 3 heterocycles. The second-order valence-corrected chi connectivity index (χ2v) is 15.4. The third-order valence-electron chi connectivity index (χ3n) is 10.3. The van der Waals surface area contributed by atoms with Gasteiger partial charge in [0.15, 0.2) is 0 Å². The van der Waals surface area contributed by atoms with E-state index < -0.39 is 0 Å². The van der Waals surface area contributed by atoms with Crippen molar-refractivity contribution in [1.82, 2.24) is 0 Å². The van der Waals surface area contributed by atoms with E-state index in [0.29, 0.717) is 0 Å². The highest BCUT2D eigenvalue weighted by Crippen LogP contribution is 2.45. The standard InChI is InChI=1S/C48H29NOS2/c1-2-10-30(11-3-1)31-20-22-33(23-21-31)49(35-24-25-38-37-14-4-6-18-42(37)52-45(38)29-35)34-13-8-12-32(28-34)36-16-9-17-39-40-26-27-44-46(48(40)50-47(36)39)41-15-5-7-19-43(41)51-44/h1-29H. The van der Waals surface area contributed by atoms with E-state index >= 15 is 0 Å². The lowest BCUT2D eigenvalue weighted by atomic mass is 10.0. The van der Waals surface area contributed by atoms with Crippen molar-refractivity contribution >= 4 is 102 Å². The molecule has 0 amide bonds. The Morgan fingerprint density at radius 3 is 1.81 bits per heavy atom. The van der Waals surface area contributed by atoms with Crippen LogP contribution in [0.25, 0.3) is 84.5 Å². The zero-order chi connectivity index (χ0) is 34.2. The maximum atomic E-state index is 6.91. The van der Waals surface area contributed by atoms with Crippen LogP contribution in [-0.2, 0) is 0 Å². The minimum atomic E-state index is 0.919. The van der Waals surface area contributed by atoms with Crippen molar-refractivity contribution in [2.45, 2.75) is 0 Å². The van der Waals surface area contributed by atoms with E-state index in [0.717, 1.165) is 50.1 Å². The molecule has 0 bridgehead atoms. The minimum absolute atomic E-state index is 0.919. The third-order valence-corrected chi connectivity index (χ3v) is 12.5. The molecule has 11 aromatic rings. The number of hydrogen-bond donors (Lipinski definition) is 0. The number of benzene rings is 8. The van der Waals surface area contributed by atoms with E-state index in [1.165, 1.54) is 51.5 Å². The molecule has 0 saturated heterocycles. The van der Waals surface area contributed by atoms with Crippen molar-refractivity contribution in [1.29, 1.82) is 0 Å². The van der Waals surface area contributed by atoms with Crippen molar-refractivity contribution in [3.8, 4) is 22.3 Å². The average molecular weight is 700 g/mol. The van der Waals surface area contributed by atoms with Crippen LogP contribution >= 0.6 is 22.7 Å². The predicted molar refractivity (Wildman–Crippen MR) is 225 cm³/mol. The van der Waals surface area contributed by atoms with Gasteiger partial charge < -0.3 is 9.32 Å². The molecule has 0 unspecified atom stereocenters. The molecule has 0 saturated carbocycles. The fraction of sp³-hybridized carbons (Fsp3) is 0. The fourth-order valence-electron chi connectivity index (χ4n) is 7.84. The molecule has 0 aliphatic heterocycles. The summed E-state index contributed by atoms with van der Waals surface area (Å²) in [5.74, 6) is 0. The summed E-state index contributed by atoms with van der Waals surface area (Å²) in [6, 6.07) is 63.6. The van der Waals surface area contributed by atoms with E-state index in [2.05, 4.69) is 181 Å². The molecule has 0 aliphatic carbocycles. The fourth-order valence-corrected chi connectivity index (χ4v) is 10.1. The van der Waals surface area contributed by atoms with Crippen molar-refractivity contribution in [2.75, 3.05) is 4.90 Å². The van der Waals surface area contributed by atoms with E-state index in [-0.39, 0.29) is 0 Å². The first-order chi connectivity index (χ1) is 25.8. The van der Waals surface area contributed by atoms with E-state index in [1.54, 1.807) is 0 Å². The van der Waals surface area contributed by atoms with Crippen LogP contribution in [0.1, 0.15) is 0 Å².